The van der Waals surface area contributed by atoms with E-state index in [1.54, 1.807) is 19.2 Å². The molecule has 3 aromatic rings. The summed E-state index contributed by atoms with van der Waals surface area (Å²) < 4.78 is 26.4. The van der Waals surface area contributed by atoms with Crippen molar-refractivity contribution in [1.29, 1.82) is 0 Å². The molecule has 0 fully saturated rings. The van der Waals surface area contributed by atoms with Crippen LogP contribution in [0.25, 0.3) is 11.3 Å². The maximum Gasteiger partial charge on any atom is 0.123 e. The van der Waals surface area contributed by atoms with Crippen LogP contribution in [0.15, 0.2) is 54.7 Å². The molecule has 1 aliphatic rings. The van der Waals surface area contributed by atoms with E-state index in [0.717, 1.165) is 41.2 Å². The molecule has 0 unspecified atom stereocenters. The molecule has 134 valence electrons. The molecule has 0 amide bonds. The minimum Gasteiger partial charge on any atom is -0.497 e. The molecule has 4 nitrogen and oxygen atoms in total. The Morgan fingerprint density at radius 3 is 2.62 bits per heavy atom. The first-order valence-electron chi connectivity index (χ1n) is 8.77. The molecule has 2 heterocycles. The van der Waals surface area contributed by atoms with E-state index in [4.69, 9.17) is 14.5 Å². The summed E-state index contributed by atoms with van der Waals surface area (Å²) in [5.41, 5.74) is 2.95. The Kier molecular flexibility index (Phi) is 4.71. The molecule has 1 aliphatic heterocycles. The van der Waals surface area contributed by atoms with Crippen molar-refractivity contribution in [2.24, 2.45) is 0 Å². The largest absolute Gasteiger partial charge is 0.497 e. The average molecular weight is 352 g/mol. The zero-order chi connectivity index (χ0) is 17.9. The van der Waals surface area contributed by atoms with Crippen LogP contribution < -0.4 is 4.74 Å². The fraction of sp³-hybridized carbons (Fsp3) is 0.286. The predicted molar refractivity (Wildman–Crippen MR) is 97.6 cm³/mol. The second-order valence-electron chi connectivity index (χ2n) is 6.51. The Balaban J connectivity index is 1.38. The zero-order valence-electron chi connectivity index (χ0n) is 14.7. The first-order valence-corrected chi connectivity index (χ1v) is 8.77. The molecule has 2 aromatic carbocycles. The number of fused-ring (bicyclic) bond motifs is 1. The van der Waals surface area contributed by atoms with Gasteiger partial charge < -0.3 is 14.0 Å². The van der Waals surface area contributed by atoms with Crippen molar-refractivity contribution < 1.29 is 13.9 Å². The van der Waals surface area contributed by atoms with Gasteiger partial charge in [0, 0.05) is 18.2 Å². The molecule has 1 aromatic heterocycles. The molecule has 0 N–H and O–H groups in total. The Morgan fingerprint density at radius 2 is 1.88 bits per heavy atom. The third-order valence-corrected chi connectivity index (χ3v) is 4.78. The molecule has 4 rings (SSSR count). The van der Waals surface area contributed by atoms with Crippen molar-refractivity contribution in [2.45, 2.75) is 25.5 Å². The van der Waals surface area contributed by atoms with Gasteiger partial charge in [0.2, 0.25) is 0 Å². The Labute approximate surface area is 152 Å². The molecule has 0 spiro atoms. The highest BCUT2D eigenvalue weighted by atomic mass is 19.1. The summed E-state index contributed by atoms with van der Waals surface area (Å²) in [4.78, 5) is 4.70. The van der Waals surface area contributed by atoms with E-state index in [1.807, 2.05) is 24.3 Å². The van der Waals surface area contributed by atoms with Crippen molar-refractivity contribution in [1.82, 2.24) is 9.55 Å². The van der Waals surface area contributed by atoms with Crippen molar-refractivity contribution in [3.8, 4) is 17.0 Å². The van der Waals surface area contributed by atoms with Gasteiger partial charge in [0.05, 0.1) is 32.1 Å². The number of benzene rings is 2. The highest BCUT2D eigenvalue weighted by molar-refractivity contribution is 5.58. The van der Waals surface area contributed by atoms with Gasteiger partial charge in [-0.3, -0.25) is 0 Å². The maximum atomic E-state index is 13.1. The van der Waals surface area contributed by atoms with Gasteiger partial charge in [-0.1, -0.05) is 12.1 Å². The minimum atomic E-state index is -0.231. The van der Waals surface area contributed by atoms with E-state index >= 15 is 0 Å². The predicted octanol–water partition coefficient (Wildman–Crippen LogP) is 4.40. The van der Waals surface area contributed by atoms with Gasteiger partial charge in [-0.15, -0.1) is 0 Å². The lowest BCUT2D eigenvalue weighted by Crippen LogP contribution is -2.10. The molecular weight excluding hydrogens is 331 g/mol. The second-order valence-corrected chi connectivity index (χ2v) is 6.51. The number of aryl methyl sites for hydroxylation is 1. The number of halogens is 1. The summed E-state index contributed by atoms with van der Waals surface area (Å²) in [5.74, 6) is 1.69. The van der Waals surface area contributed by atoms with Crippen molar-refractivity contribution in [3.63, 3.8) is 0 Å². The van der Waals surface area contributed by atoms with Crippen LogP contribution in [0.2, 0.25) is 0 Å². The quantitative estimate of drug-likeness (QED) is 0.660. The number of methoxy groups -OCH3 is 1. The summed E-state index contributed by atoms with van der Waals surface area (Å²) in [6.45, 7) is 1.23. The van der Waals surface area contributed by atoms with E-state index in [2.05, 4.69) is 10.8 Å². The second kappa shape index (κ2) is 7.30. The number of imidazole rings is 1. The number of hydrogen-bond acceptors (Lipinski definition) is 3. The van der Waals surface area contributed by atoms with Gasteiger partial charge in [0.1, 0.15) is 17.4 Å². The number of hydrogen-bond donors (Lipinski definition) is 0. The molecule has 0 radical (unpaired) electrons. The van der Waals surface area contributed by atoms with E-state index in [0.29, 0.717) is 19.3 Å². The lowest BCUT2D eigenvalue weighted by Gasteiger charge is -2.13. The van der Waals surface area contributed by atoms with Crippen LogP contribution in [0.5, 0.6) is 5.75 Å². The molecule has 1 atom stereocenters. The van der Waals surface area contributed by atoms with Crippen LogP contribution in [-0.4, -0.2) is 23.3 Å². The molecule has 0 saturated carbocycles. The van der Waals surface area contributed by atoms with Gasteiger partial charge in [-0.25, -0.2) is 9.37 Å². The topological polar surface area (TPSA) is 36.3 Å². The van der Waals surface area contributed by atoms with Crippen LogP contribution >= 0.6 is 0 Å². The smallest absolute Gasteiger partial charge is 0.123 e. The third kappa shape index (κ3) is 3.48. The molecule has 0 bridgehead atoms. The Bertz CT molecular complexity index is 872. The summed E-state index contributed by atoms with van der Waals surface area (Å²) in [7, 11) is 1.66. The van der Waals surface area contributed by atoms with E-state index < -0.39 is 0 Å². The normalized spacial score (nSPS) is 15.8. The van der Waals surface area contributed by atoms with Gasteiger partial charge in [0.25, 0.3) is 0 Å². The van der Waals surface area contributed by atoms with E-state index in [1.165, 1.54) is 12.1 Å². The lowest BCUT2D eigenvalue weighted by molar-refractivity contribution is 0.0921. The van der Waals surface area contributed by atoms with Crippen LogP contribution in [0.4, 0.5) is 4.39 Å². The van der Waals surface area contributed by atoms with E-state index in [9.17, 15) is 4.39 Å². The highest BCUT2D eigenvalue weighted by Gasteiger charge is 2.24. The van der Waals surface area contributed by atoms with Gasteiger partial charge in [-0.2, -0.15) is 0 Å². The fourth-order valence-electron chi connectivity index (χ4n) is 3.33. The van der Waals surface area contributed by atoms with Gasteiger partial charge in [-0.05, 0) is 48.4 Å². The number of rotatable bonds is 6. The SMILES string of the molecule is COc1ccc(COC[C@H]2CCc3nc(-c4ccc(F)cc4)cn32)cc1. The summed E-state index contributed by atoms with van der Waals surface area (Å²) in [6.07, 6.45) is 4.03. The van der Waals surface area contributed by atoms with Crippen LogP contribution in [0, 0.1) is 5.82 Å². The number of nitrogens with zero attached hydrogens (tertiary/aromatic N) is 2. The van der Waals surface area contributed by atoms with Crippen molar-refractivity contribution in [2.75, 3.05) is 13.7 Å². The van der Waals surface area contributed by atoms with E-state index in [-0.39, 0.29) is 5.82 Å². The van der Waals surface area contributed by atoms with Crippen LogP contribution in [0.1, 0.15) is 23.9 Å². The third-order valence-electron chi connectivity index (χ3n) is 4.78. The fourth-order valence-corrected chi connectivity index (χ4v) is 3.33. The van der Waals surface area contributed by atoms with Gasteiger partial charge >= 0.3 is 0 Å². The van der Waals surface area contributed by atoms with Crippen LogP contribution in [-0.2, 0) is 17.8 Å². The summed E-state index contributed by atoms with van der Waals surface area (Å²) in [5, 5.41) is 0. The molecule has 26 heavy (non-hydrogen) atoms. The summed E-state index contributed by atoms with van der Waals surface area (Å²) in [6, 6.07) is 14.7. The molecular formula is C21H21FN2O2. The first kappa shape index (κ1) is 16.8. The average Bonchev–Trinajstić information content (AvgIpc) is 3.25. The molecule has 0 saturated heterocycles. The maximum absolute atomic E-state index is 13.1. The first-order chi connectivity index (χ1) is 12.7. The Morgan fingerprint density at radius 1 is 1.12 bits per heavy atom. The van der Waals surface area contributed by atoms with Gasteiger partial charge in [0.15, 0.2) is 0 Å². The number of aromatic nitrogens is 2. The zero-order valence-corrected chi connectivity index (χ0v) is 14.7. The van der Waals surface area contributed by atoms with Crippen molar-refractivity contribution in [3.05, 3.63) is 71.9 Å². The Hall–Kier alpha value is -2.66. The van der Waals surface area contributed by atoms with Crippen LogP contribution in [0.3, 0.4) is 0 Å². The lowest BCUT2D eigenvalue weighted by atomic mass is 10.1. The molecule has 5 heteroatoms. The standard InChI is InChI=1S/C21H21FN2O2/c1-25-19-9-2-15(3-10-19)13-26-14-18-8-11-21-23-20(12-24(18)21)16-4-6-17(22)7-5-16/h2-7,9-10,12,18H,8,11,13-14H2,1H3/t18-/m1/s1. The summed E-state index contributed by atoms with van der Waals surface area (Å²) >= 11 is 0. The molecule has 0 aliphatic carbocycles. The monoisotopic (exact) mass is 352 g/mol. The minimum absolute atomic E-state index is 0.231. The number of ether oxygens (including phenoxy) is 2. The highest BCUT2D eigenvalue weighted by Crippen LogP contribution is 2.30. The van der Waals surface area contributed by atoms with Crippen molar-refractivity contribution >= 4 is 0 Å².